The maximum Gasteiger partial charge on any atom is 0.141 e. The van der Waals surface area contributed by atoms with E-state index in [9.17, 15) is 4.39 Å². The lowest BCUT2D eigenvalue weighted by molar-refractivity contribution is 0.576. The fourth-order valence-electron chi connectivity index (χ4n) is 2.35. The van der Waals surface area contributed by atoms with Crippen LogP contribution in [0.1, 0.15) is 32.8 Å². The van der Waals surface area contributed by atoms with Gasteiger partial charge in [0.15, 0.2) is 0 Å². The Morgan fingerprint density at radius 3 is 2.79 bits per heavy atom. The Hall–Kier alpha value is -1.16. The molecule has 2 unspecified atom stereocenters. The van der Waals surface area contributed by atoms with Crippen molar-refractivity contribution in [1.82, 2.24) is 10.3 Å². The summed E-state index contributed by atoms with van der Waals surface area (Å²) in [6, 6.07) is 1.97. The van der Waals surface area contributed by atoms with E-state index in [2.05, 4.69) is 36.0 Å². The van der Waals surface area contributed by atoms with E-state index in [1.54, 1.807) is 6.07 Å². The number of nitrogens with one attached hydrogen (secondary N) is 1. The molecule has 2 rings (SSSR count). The van der Waals surface area contributed by atoms with Gasteiger partial charge in [0.05, 0.1) is 6.20 Å². The Morgan fingerprint density at radius 2 is 2.21 bits per heavy atom. The molecule has 1 N–H and O–H groups in total. The standard InChI is InChI=1S/C15H24FN3/c1-10(2)17-7-12-6-14(16)8-18-15(12)19(4)9-13-5-11(13)3/h6,8,10-11,13,17H,5,7,9H2,1-4H3. The summed E-state index contributed by atoms with van der Waals surface area (Å²) in [6.07, 6.45) is 2.60. The third kappa shape index (κ3) is 3.90. The monoisotopic (exact) mass is 265 g/mol. The lowest BCUT2D eigenvalue weighted by atomic mass is 10.2. The lowest BCUT2D eigenvalue weighted by Gasteiger charge is -2.22. The van der Waals surface area contributed by atoms with Gasteiger partial charge in [0.2, 0.25) is 0 Å². The van der Waals surface area contributed by atoms with Crippen LogP contribution >= 0.6 is 0 Å². The average Bonchev–Trinajstić information content (AvgIpc) is 3.02. The normalized spacial score (nSPS) is 21.8. The third-order valence-electron chi connectivity index (χ3n) is 3.76. The van der Waals surface area contributed by atoms with E-state index >= 15 is 0 Å². The van der Waals surface area contributed by atoms with Gasteiger partial charge >= 0.3 is 0 Å². The molecule has 0 aliphatic heterocycles. The van der Waals surface area contributed by atoms with E-state index in [1.807, 2.05) is 7.05 Å². The van der Waals surface area contributed by atoms with Crippen LogP contribution in [0.2, 0.25) is 0 Å². The molecule has 0 amide bonds. The summed E-state index contributed by atoms with van der Waals surface area (Å²) in [7, 11) is 2.05. The van der Waals surface area contributed by atoms with E-state index in [0.717, 1.165) is 29.8 Å². The Labute approximate surface area is 115 Å². The van der Waals surface area contributed by atoms with Crippen LogP contribution in [0.15, 0.2) is 12.3 Å². The predicted octanol–water partition coefficient (Wildman–Crippen LogP) is 2.81. The van der Waals surface area contributed by atoms with Crippen LogP contribution in [0.5, 0.6) is 0 Å². The second-order valence-electron chi connectivity index (χ2n) is 6.03. The molecule has 0 aromatic carbocycles. The van der Waals surface area contributed by atoms with Gasteiger partial charge < -0.3 is 10.2 Å². The van der Waals surface area contributed by atoms with Crippen LogP contribution in [-0.2, 0) is 6.54 Å². The van der Waals surface area contributed by atoms with Gasteiger partial charge in [-0.15, -0.1) is 0 Å². The largest absolute Gasteiger partial charge is 0.359 e. The molecule has 1 saturated carbocycles. The molecule has 1 fully saturated rings. The average molecular weight is 265 g/mol. The van der Waals surface area contributed by atoms with Gasteiger partial charge in [-0.25, -0.2) is 9.37 Å². The molecule has 1 aromatic heterocycles. The van der Waals surface area contributed by atoms with Crippen molar-refractivity contribution in [1.29, 1.82) is 0 Å². The molecule has 0 saturated heterocycles. The molecule has 3 nitrogen and oxygen atoms in total. The smallest absolute Gasteiger partial charge is 0.141 e. The van der Waals surface area contributed by atoms with Crippen molar-refractivity contribution in [3.8, 4) is 0 Å². The minimum atomic E-state index is -0.266. The Morgan fingerprint density at radius 1 is 1.53 bits per heavy atom. The molecule has 1 aliphatic carbocycles. The molecule has 1 heterocycles. The Balaban J connectivity index is 2.08. The van der Waals surface area contributed by atoms with Crippen LogP contribution < -0.4 is 10.2 Å². The first-order valence-corrected chi connectivity index (χ1v) is 7.06. The van der Waals surface area contributed by atoms with Crippen molar-refractivity contribution in [3.05, 3.63) is 23.6 Å². The fourth-order valence-corrected chi connectivity index (χ4v) is 2.35. The number of nitrogens with zero attached hydrogens (tertiary/aromatic N) is 2. The summed E-state index contributed by atoms with van der Waals surface area (Å²) in [6.45, 7) is 8.11. The fraction of sp³-hybridized carbons (Fsp3) is 0.667. The van der Waals surface area contributed by atoms with Crippen LogP contribution in [0.4, 0.5) is 10.2 Å². The van der Waals surface area contributed by atoms with Crippen molar-refractivity contribution in [2.75, 3.05) is 18.5 Å². The molecule has 1 aromatic rings. The molecule has 106 valence electrons. The van der Waals surface area contributed by atoms with Gasteiger partial charge in [-0.1, -0.05) is 20.8 Å². The van der Waals surface area contributed by atoms with Crippen LogP contribution in [-0.4, -0.2) is 24.6 Å². The van der Waals surface area contributed by atoms with Gasteiger partial charge in [-0.05, 0) is 24.3 Å². The summed E-state index contributed by atoms with van der Waals surface area (Å²) in [5, 5.41) is 3.33. The summed E-state index contributed by atoms with van der Waals surface area (Å²) in [4.78, 5) is 6.43. The van der Waals surface area contributed by atoms with Crippen LogP contribution in [0.3, 0.4) is 0 Å². The molecule has 2 atom stereocenters. The van der Waals surface area contributed by atoms with E-state index in [0.29, 0.717) is 12.6 Å². The third-order valence-corrected chi connectivity index (χ3v) is 3.76. The summed E-state index contributed by atoms with van der Waals surface area (Å²) >= 11 is 0. The number of anilines is 1. The van der Waals surface area contributed by atoms with Gasteiger partial charge in [-0.3, -0.25) is 0 Å². The number of pyridine rings is 1. The highest BCUT2D eigenvalue weighted by Gasteiger charge is 2.33. The Bertz CT molecular complexity index is 433. The second kappa shape index (κ2) is 5.87. The van der Waals surface area contributed by atoms with Crippen LogP contribution in [0.25, 0.3) is 0 Å². The van der Waals surface area contributed by atoms with E-state index in [4.69, 9.17) is 0 Å². The Kier molecular flexibility index (Phi) is 4.40. The second-order valence-corrected chi connectivity index (χ2v) is 6.03. The van der Waals surface area contributed by atoms with E-state index < -0.39 is 0 Å². The van der Waals surface area contributed by atoms with Crippen molar-refractivity contribution in [2.45, 2.75) is 39.8 Å². The topological polar surface area (TPSA) is 28.2 Å². The SMILES string of the molecule is CC(C)NCc1cc(F)cnc1N(C)CC1CC1C. The highest BCUT2D eigenvalue weighted by molar-refractivity contribution is 5.46. The maximum absolute atomic E-state index is 13.4. The number of hydrogen-bond acceptors (Lipinski definition) is 3. The van der Waals surface area contributed by atoms with E-state index in [1.165, 1.54) is 12.6 Å². The summed E-state index contributed by atoms with van der Waals surface area (Å²) in [5.74, 6) is 2.22. The number of halogens is 1. The van der Waals surface area contributed by atoms with Crippen molar-refractivity contribution < 1.29 is 4.39 Å². The maximum atomic E-state index is 13.4. The molecular weight excluding hydrogens is 241 g/mol. The van der Waals surface area contributed by atoms with Crippen molar-refractivity contribution in [2.24, 2.45) is 11.8 Å². The highest BCUT2D eigenvalue weighted by atomic mass is 19.1. The number of rotatable bonds is 6. The van der Waals surface area contributed by atoms with Crippen molar-refractivity contribution >= 4 is 5.82 Å². The number of hydrogen-bond donors (Lipinski definition) is 1. The zero-order chi connectivity index (χ0) is 14.0. The number of aromatic nitrogens is 1. The van der Waals surface area contributed by atoms with E-state index in [-0.39, 0.29) is 5.82 Å². The highest BCUT2D eigenvalue weighted by Crippen LogP contribution is 2.38. The molecule has 4 heteroatoms. The molecule has 0 bridgehead atoms. The molecule has 0 radical (unpaired) electrons. The summed E-state index contributed by atoms with van der Waals surface area (Å²) in [5.41, 5.74) is 0.935. The first kappa shape index (κ1) is 14.3. The quantitative estimate of drug-likeness (QED) is 0.857. The predicted molar refractivity (Wildman–Crippen MR) is 76.7 cm³/mol. The molecule has 19 heavy (non-hydrogen) atoms. The molecule has 0 spiro atoms. The molecule has 1 aliphatic rings. The van der Waals surface area contributed by atoms with Gasteiger partial charge in [0.25, 0.3) is 0 Å². The first-order chi connectivity index (χ1) is 8.97. The zero-order valence-corrected chi connectivity index (χ0v) is 12.3. The van der Waals surface area contributed by atoms with Crippen molar-refractivity contribution in [3.63, 3.8) is 0 Å². The lowest BCUT2D eigenvalue weighted by Crippen LogP contribution is -2.27. The first-order valence-electron chi connectivity index (χ1n) is 7.06. The van der Waals surface area contributed by atoms with Gasteiger partial charge in [-0.2, -0.15) is 0 Å². The minimum Gasteiger partial charge on any atom is -0.359 e. The van der Waals surface area contributed by atoms with Gasteiger partial charge in [0.1, 0.15) is 11.6 Å². The van der Waals surface area contributed by atoms with Crippen LogP contribution in [0, 0.1) is 17.7 Å². The minimum absolute atomic E-state index is 0.266. The summed E-state index contributed by atoms with van der Waals surface area (Å²) < 4.78 is 13.4. The van der Waals surface area contributed by atoms with Gasteiger partial charge in [0, 0.05) is 31.7 Å². The zero-order valence-electron chi connectivity index (χ0n) is 12.3. The molecular formula is C15H24FN3.